The van der Waals surface area contributed by atoms with E-state index in [4.69, 9.17) is 9.47 Å². The maximum atomic E-state index is 13.6. The number of morpholine rings is 1. The van der Waals surface area contributed by atoms with Crippen LogP contribution in [-0.4, -0.2) is 130 Å². The Balaban J connectivity index is 1.75. The molecule has 3 rings (SSSR count). The highest BCUT2D eigenvalue weighted by Gasteiger charge is 2.50. The first-order valence-electron chi connectivity index (χ1n) is 16.2. The molecule has 2 saturated heterocycles. The van der Waals surface area contributed by atoms with Gasteiger partial charge in [0.05, 0.1) is 45.6 Å². The number of ketones is 1. The normalized spacial score (nSPS) is 20.1. The number of carbonyl (C=O) groups is 5. The molecule has 0 aromatic heterocycles. The summed E-state index contributed by atoms with van der Waals surface area (Å²) in [5, 5.41) is 9.52. The summed E-state index contributed by atoms with van der Waals surface area (Å²) in [6.45, 7) is -2.17. The molecule has 2 fully saturated rings. The predicted octanol–water partition coefficient (Wildman–Crippen LogP) is 0.383. The summed E-state index contributed by atoms with van der Waals surface area (Å²) in [4.78, 5) is 67.9. The Morgan fingerprint density at radius 2 is 1.30 bits per heavy atom. The Morgan fingerprint density at radius 3 is 1.82 bits per heavy atom. The molecule has 4 amide bonds. The highest BCUT2D eigenvalue weighted by atomic mass is 19.3. The molecule has 280 valence electrons. The molecule has 4 N–H and O–H groups in total. The van der Waals surface area contributed by atoms with Gasteiger partial charge in [0.25, 0.3) is 0 Å². The molecule has 0 bridgehead atoms. The predicted molar refractivity (Wildman–Crippen MR) is 168 cm³/mol. The molecule has 1 aromatic rings. The Hall–Kier alpha value is -3.71. The fourth-order valence-electron chi connectivity index (χ4n) is 5.10. The van der Waals surface area contributed by atoms with Gasteiger partial charge in [0, 0.05) is 13.1 Å². The van der Waals surface area contributed by atoms with Gasteiger partial charge in [0.2, 0.25) is 23.6 Å². The highest BCUT2D eigenvalue weighted by Crippen LogP contribution is 2.29. The average molecular weight is 720 g/mol. The van der Waals surface area contributed by atoms with E-state index in [-0.39, 0.29) is 37.7 Å². The zero-order valence-electron chi connectivity index (χ0n) is 28.1. The van der Waals surface area contributed by atoms with Crippen LogP contribution in [0.2, 0.25) is 0 Å². The maximum Gasteiger partial charge on any atom is 0.345 e. The minimum atomic E-state index is -3.36. The van der Waals surface area contributed by atoms with Crippen LogP contribution in [0.1, 0.15) is 32.8 Å². The van der Waals surface area contributed by atoms with Gasteiger partial charge in [-0.25, -0.2) is 0 Å². The summed E-state index contributed by atoms with van der Waals surface area (Å²) >= 11 is 0. The Bertz CT molecular complexity index is 1280. The van der Waals surface area contributed by atoms with Crippen molar-refractivity contribution >= 4 is 29.4 Å². The largest absolute Gasteiger partial charge is 0.379 e. The summed E-state index contributed by atoms with van der Waals surface area (Å²) in [6.07, 6.45) is 0.156. The van der Waals surface area contributed by atoms with Crippen molar-refractivity contribution in [1.82, 2.24) is 26.2 Å². The number of ether oxygens (including phenoxy) is 4. The molecular weight excluding hydrogens is 674 g/mol. The third-order valence-corrected chi connectivity index (χ3v) is 7.89. The monoisotopic (exact) mass is 719 g/mol. The van der Waals surface area contributed by atoms with Gasteiger partial charge in [0.1, 0.15) is 23.7 Å². The van der Waals surface area contributed by atoms with Gasteiger partial charge in [-0.1, -0.05) is 44.2 Å². The number of rotatable bonds is 21. The molecule has 1 unspecified atom stereocenters. The summed E-state index contributed by atoms with van der Waals surface area (Å²) < 4.78 is 71.0. The first-order valence-corrected chi connectivity index (χ1v) is 16.2. The van der Waals surface area contributed by atoms with Crippen molar-refractivity contribution in [1.29, 1.82) is 0 Å². The van der Waals surface area contributed by atoms with E-state index in [1.54, 1.807) is 56.0 Å². The number of nitrogens with one attached hydrogen (secondary N) is 4. The molecule has 0 spiro atoms. The van der Waals surface area contributed by atoms with Crippen LogP contribution in [0.5, 0.6) is 0 Å². The van der Waals surface area contributed by atoms with Gasteiger partial charge in [-0.15, -0.1) is 0 Å². The summed E-state index contributed by atoms with van der Waals surface area (Å²) in [5.74, 6) is -4.40. The first kappa shape index (κ1) is 40.7. The summed E-state index contributed by atoms with van der Waals surface area (Å²) in [7, 11) is 0. The molecule has 0 saturated carbocycles. The lowest BCUT2D eigenvalue weighted by molar-refractivity contribution is -0.153. The molecule has 2 aliphatic rings. The van der Waals surface area contributed by atoms with Crippen molar-refractivity contribution in [3.63, 3.8) is 0 Å². The van der Waals surface area contributed by atoms with Crippen molar-refractivity contribution in [3.8, 4) is 0 Å². The lowest BCUT2D eigenvalue weighted by Crippen LogP contribution is -2.60. The molecule has 18 heteroatoms. The number of benzene rings is 1. The zero-order valence-corrected chi connectivity index (χ0v) is 28.1. The number of alkyl halides is 4. The average Bonchev–Trinajstić information content (AvgIpc) is 3.82. The van der Waals surface area contributed by atoms with Gasteiger partial charge >= 0.3 is 13.2 Å². The number of Topliss-reactive ketones (excluding diaryl/α,β-unsaturated/α-hetero) is 1. The van der Waals surface area contributed by atoms with Crippen LogP contribution >= 0.6 is 0 Å². The number of nitrogens with zero attached hydrogens (tertiary/aromatic N) is 1. The van der Waals surface area contributed by atoms with Crippen LogP contribution in [-0.2, 0) is 49.3 Å². The number of hydrogen-bond donors (Lipinski definition) is 4. The van der Waals surface area contributed by atoms with Crippen LogP contribution < -0.4 is 21.3 Å². The third-order valence-electron chi connectivity index (χ3n) is 7.89. The summed E-state index contributed by atoms with van der Waals surface area (Å²) in [6, 6.07) is 2.90. The molecule has 5 atom stereocenters. The lowest BCUT2D eigenvalue weighted by atomic mass is 9.94. The number of hydrogen-bond acceptors (Lipinski definition) is 10. The summed E-state index contributed by atoms with van der Waals surface area (Å²) in [5.41, 5.74) is -0.345. The number of epoxide rings is 1. The van der Waals surface area contributed by atoms with Crippen molar-refractivity contribution in [2.75, 3.05) is 52.7 Å². The molecular formula is C32H45F4N5O9. The topological polar surface area (TPSA) is 177 Å². The fourth-order valence-corrected chi connectivity index (χ4v) is 5.10. The van der Waals surface area contributed by atoms with Gasteiger partial charge in [0.15, 0.2) is 5.78 Å². The van der Waals surface area contributed by atoms with E-state index in [1.807, 2.05) is 0 Å². The van der Waals surface area contributed by atoms with E-state index in [9.17, 15) is 41.5 Å². The third kappa shape index (κ3) is 13.9. The van der Waals surface area contributed by atoms with Gasteiger partial charge in [-0.2, -0.15) is 17.6 Å². The number of amides is 4. The van der Waals surface area contributed by atoms with Crippen LogP contribution in [0.4, 0.5) is 17.6 Å². The van der Waals surface area contributed by atoms with Gasteiger partial charge in [-0.3, -0.25) is 28.9 Å². The first-order chi connectivity index (χ1) is 23.7. The second kappa shape index (κ2) is 19.6. The SMILES string of the molecule is CC(C)CC(NC(=O)[C@H](COC(F)F)NC(=O)[C@H](COC(F)F)NC(=O)CN1CCOCC1)C(=O)N[C@@H](Cc1ccccc1)C(=O)[C@@]1(C)CO1. The maximum absolute atomic E-state index is 13.6. The van der Waals surface area contributed by atoms with Crippen LogP contribution in [0.3, 0.4) is 0 Å². The zero-order chi connectivity index (χ0) is 36.8. The van der Waals surface area contributed by atoms with Crippen molar-refractivity contribution in [2.24, 2.45) is 5.92 Å². The van der Waals surface area contributed by atoms with Crippen molar-refractivity contribution in [2.45, 2.75) is 76.6 Å². The van der Waals surface area contributed by atoms with Gasteiger partial charge in [-0.05, 0) is 31.2 Å². The molecule has 2 heterocycles. The van der Waals surface area contributed by atoms with E-state index in [0.29, 0.717) is 26.3 Å². The molecule has 0 aliphatic carbocycles. The number of halogens is 4. The minimum Gasteiger partial charge on any atom is -0.379 e. The van der Waals surface area contributed by atoms with Gasteiger partial charge < -0.3 is 40.2 Å². The molecule has 2 aliphatic heterocycles. The minimum absolute atomic E-state index is 0.0381. The highest BCUT2D eigenvalue weighted by molar-refractivity contribution is 5.99. The molecule has 1 aromatic carbocycles. The Labute approximate surface area is 287 Å². The van der Waals surface area contributed by atoms with E-state index >= 15 is 0 Å². The van der Waals surface area contributed by atoms with E-state index < -0.39 is 79.8 Å². The van der Waals surface area contributed by atoms with E-state index in [1.165, 1.54) is 0 Å². The van der Waals surface area contributed by atoms with Crippen molar-refractivity contribution in [3.05, 3.63) is 35.9 Å². The number of carbonyl (C=O) groups excluding carboxylic acids is 5. The molecule has 0 radical (unpaired) electrons. The fraction of sp³-hybridized carbons (Fsp3) is 0.656. The standard InChI is InChI=1S/C32H45F4N5O9/c1-19(2)13-22(27(44)38-21(26(43)32(3)18-50-32)14-20-7-5-4-6-8-20)39-29(46)24(17-49-31(35)36)40-28(45)23(16-48-30(33)34)37-25(42)15-41-9-11-47-12-10-41/h4-8,19,21-24,30-31H,9-18H2,1-3H3,(H,37,42)(H,38,44)(H,39,46)(H,40,45)/t21-,22?,23-,24-,32+/m0/s1. The molecule has 50 heavy (non-hydrogen) atoms. The van der Waals surface area contributed by atoms with Crippen LogP contribution in [0, 0.1) is 5.92 Å². The quantitative estimate of drug-likeness (QED) is 0.103. The Morgan fingerprint density at radius 1 is 0.800 bits per heavy atom. The van der Waals surface area contributed by atoms with E-state index in [0.717, 1.165) is 5.56 Å². The van der Waals surface area contributed by atoms with Crippen LogP contribution in [0.25, 0.3) is 0 Å². The lowest BCUT2D eigenvalue weighted by Gasteiger charge is -2.28. The smallest absolute Gasteiger partial charge is 0.345 e. The van der Waals surface area contributed by atoms with Crippen LogP contribution in [0.15, 0.2) is 30.3 Å². The second-order valence-corrected chi connectivity index (χ2v) is 12.6. The Kier molecular flexibility index (Phi) is 16.0. The van der Waals surface area contributed by atoms with Crippen molar-refractivity contribution < 1.29 is 60.5 Å². The second-order valence-electron chi connectivity index (χ2n) is 12.6. The molecule has 14 nitrogen and oxygen atoms in total. The van der Waals surface area contributed by atoms with E-state index in [2.05, 4.69) is 30.7 Å².